The average molecular weight is 744 g/mol. The number of hydrogen-bond donors (Lipinski definition) is 0. The molecule has 6 aromatic carbocycles. The van der Waals surface area contributed by atoms with Crippen LogP contribution in [0.3, 0.4) is 0 Å². The summed E-state index contributed by atoms with van der Waals surface area (Å²) in [6.07, 6.45) is 3.66. The zero-order chi connectivity index (χ0) is 37.2. The first-order chi connectivity index (χ1) is 28.3. The van der Waals surface area contributed by atoms with Crippen LogP contribution in [0.2, 0.25) is 0 Å². The molecule has 11 aromatic rings. The molecule has 0 aliphatic carbocycles. The molecular weight excluding hydrogens is 715 g/mol. The van der Waals surface area contributed by atoms with Crippen molar-refractivity contribution >= 4 is 72.7 Å². The molecule has 13 rings (SSSR count). The third-order valence-corrected chi connectivity index (χ3v) is 17.1. The minimum absolute atomic E-state index is 0.495. The van der Waals surface area contributed by atoms with E-state index in [9.17, 15) is 0 Å². The highest BCUT2D eigenvalue weighted by molar-refractivity contribution is 7.24. The molecule has 0 N–H and O–H groups in total. The van der Waals surface area contributed by atoms with Gasteiger partial charge < -0.3 is 0 Å². The van der Waals surface area contributed by atoms with Crippen LogP contribution in [0.1, 0.15) is 0 Å². The Labute approximate surface area is 327 Å². The van der Waals surface area contributed by atoms with E-state index in [-0.39, 0.29) is 0 Å². The van der Waals surface area contributed by atoms with Crippen LogP contribution in [0.4, 0.5) is 0 Å². The van der Waals surface area contributed by atoms with Crippen molar-refractivity contribution in [2.45, 2.75) is 0 Å². The Balaban J connectivity index is 1.13. The van der Waals surface area contributed by atoms with Gasteiger partial charge in [0.15, 0.2) is 13.9 Å². The molecule has 0 saturated carbocycles. The molecule has 264 valence electrons. The van der Waals surface area contributed by atoms with E-state index in [1.54, 1.807) is 0 Å². The molecule has 0 saturated heterocycles. The molecule has 1 spiro atoms. The Morgan fingerprint density at radius 3 is 1.33 bits per heavy atom. The maximum atomic E-state index is 5.38. The molecule has 5 aromatic heterocycles. The first kappa shape index (κ1) is 30.7. The maximum absolute atomic E-state index is 5.38. The molecule has 2 aliphatic rings. The number of rotatable bonds is 3. The highest BCUT2D eigenvalue weighted by atomic mass is 28.3. The Bertz CT molecular complexity index is 3210. The SMILES string of the molecule is c1ccc2c(c1)-c1ccccc1[Si]21c2ccccc2-c2ccc(-c3nc(-n4c5ccccc5c5cccnc54)nc(-n4c5ccccc5c5cccnc54)n3)cc21. The van der Waals surface area contributed by atoms with Gasteiger partial charge in [0.2, 0.25) is 11.9 Å². The maximum Gasteiger partial charge on any atom is 0.241 e. The van der Waals surface area contributed by atoms with Gasteiger partial charge in [-0.25, -0.2) is 9.97 Å². The number of pyridine rings is 2. The van der Waals surface area contributed by atoms with Crippen molar-refractivity contribution in [3.63, 3.8) is 0 Å². The van der Waals surface area contributed by atoms with Crippen LogP contribution in [-0.4, -0.2) is 42.1 Å². The Hall–Kier alpha value is -7.55. The van der Waals surface area contributed by atoms with E-state index >= 15 is 0 Å². The standard InChI is InChI=1S/C49H29N7Si/c1-6-20-39-31(13-1)37-18-11-27-50-46(37)55(39)48-52-45(53-49(54-48)56-40-21-7-2-14-32(40)38-19-12-28-51-47(38)56)30-25-26-36-35-17-5-10-24-43(35)57(44(36)29-30)41-22-8-3-15-33(41)34-16-4-9-23-42(34)57/h1-29H. The fourth-order valence-electron chi connectivity index (χ4n) is 9.91. The fraction of sp³-hybridized carbons (Fsp3) is 0. The molecule has 0 bridgehead atoms. The zero-order valence-corrected chi connectivity index (χ0v) is 31.4. The van der Waals surface area contributed by atoms with Gasteiger partial charge in [0, 0.05) is 39.5 Å². The van der Waals surface area contributed by atoms with Crippen LogP contribution in [-0.2, 0) is 0 Å². The van der Waals surface area contributed by atoms with E-state index < -0.39 is 8.07 Å². The molecule has 2 aliphatic heterocycles. The van der Waals surface area contributed by atoms with Gasteiger partial charge in [-0.1, -0.05) is 127 Å². The smallest absolute Gasteiger partial charge is 0.241 e. The van der Waals surface area contributed by atoms with E-state index in [0.717, 1.165) is 49.4 Å². The van der Waals surface area contributed by atoms with Gasteiger partial charge in [0.05, 0.1) is 11.0 Å². The summed E-state index contributed by atoms with van der Waals surface area (Å²) in [5.74, 6) is 1.57. The van der Waals surface area contributed by atoms with E-state index in [1.165, 1.54) is 43.0 Å². The third kappa shape index (κ3) is 3.96. The molecular formula is C49H29N7Si. The number of fused-ring (bicyclic) bond motifs is 16. The van der Waals surface area contributed by atoms with E-state index in [0.29, 0.717) is 17.7 Å². The molecule has 0 amide bonds. The predicted molar refractivity (Wildman–Crippen MR) is 231 cm³/mol. The summed E-state index contributed by atoms with van der Waals surface area (Å²) in [5.41, 5.74) is 9.71. The molecule has 0 fully saturated rings. The first-order valence-corrected chi connectivity index (χ1v) is 21.2. The van der Waals surface area contributed by atoms with E-state index in [4.69, 9.17) is 24.9 Å². The molecule has 0 radical (unpaired) electrons. The lowest BCUT2D eigenvalue weighted by atomic mass is 10.0. The summed E-state index contributed by atoms with van der Waals surface area (Å²) in [5, 5.41) is 9.90. The van der Waals surface area contributed by atoms with E-state index in [1.807, 2.05) is 24.5 Å². The van der Waals surface area contributed by atoms with Gasteiger partial charge in [-0.3, -0.25) is 9.13 Å². The van der Waals surface area contributed by atoms with Crippen molar-refractivity contribution in [1.82, 2.24) is 34.1 Å². The fourth-order valence-corrected chi connectivity index (χ4v) is 15.6. The minimum Gasteiger partial charge on any atom is -0.262 e. The van der Waals surface area contributed by atoms with Crippen molar-refractivity contribution in [3.05, 3.63) is 176 Å². The van der Waals surface area contributed by atoms with Crippen molar-refractivity contribution in [2.75, 3.05) is 0 Å². The van der Waals surface area contributed by atoms with Crippen LogP contribution in [0.15, 0.2) is 176 Å². The summed E-state index contributed by atoms with van der Waals surface area (Å²) in [6, 6.07) is 58.9. The van der Waals surface area contributed by atoms with Crippen molar-refractivity contribution in [1.29, 1.82) is 0 Å². The number of benzene rings is 6. The van der Waals surface area contributed by atoms with Gasteiger partial charge >= 0.3 is 0 Å². The second kappa shape index (κ2) is 11.3. The molecule has 57 heavy (non-hydrogen) atoms. The van der Waals surface area contributed by atoms with Crippen LogP contribution in [0.5, 0.6) is 0 Å². The molecule has 7 heterocycles. The number of nitrogens with zero attached hydrogens (tertiary/aromatic N) is 7. The molecule has 0 unspecified atom stereocenters. The Morgan fingerprint density at radius 2 is 0.807 bits per heavy atom. The molecule has 7 nitrogen and oxygen atoms in total. The summed E-state index contributed by atoms with van der Waals surface area (Å²) in [7, 11) is -2.70. The third-order valence-electron chi connectivity index (χ3n) is 12.1. The lowest BCUT2D eigenvalue weighted by molar-refractivity contribution is 0.884. The summed E-state index contributed by atoms with van der Waals surface area (Å²) in [4.78, 5) is 25.9. The monoisotopic (exact) mass is 743 g/mol. The summed E-state index contributed by atoms with van der Waals surface area (Å²) in [6.45, 7) is 0. The number of para-hydroxylation sites is 2. The predicted octanol–water partition coefficient (Wildman–Crippen LogP) is 7.86. The van der Waals surface area contributed by atoms with E-state index in [2.05, 4.69) is 161 Å². The number of hydrogen-bond acceptors (Lipinski definition) is 5. The van der Waals surface area contributed by atoms with Crippen LogP contribution >= 0.6 is 0 Å². The highest BCUT2D eigenvalue weighted by Gasteiger charge is 2.53. The summed E-state index contributed by atoms with van der Waals surface area (Å²) >= 11 is 0. The number of aromatic nitrogens is 7. The van der Waals surface area contributed by atoms with Crippen molar-refractivity contribution in [3.8, 4) is 45.5 Å². The van der Waals surface area contributed by atoms with Crippen molar-refractivity contribution < 1.29 is 0 Å². The zero-order valence-electron chi connectivity index (χ0n) is 30.4. The van der Waals surface area contributed by atoms with Gasteiger partial charge in [-0.2, -0.15) is 15.0 Å². The Kier molecular flexibility index (Phi) is 6.07. The van der Waals surface area contributed by atoms with Gasteiger partial charge in [0.25, 0.3) is 0 Å². The Morgan fingerprint density at radius 1 is 0.368 bits per heavy atom. The lowest BCUT2D eigenvalue weighted by Gasteiger charge is -2.28. The van der Waals surface area contributed by atoms with Crippen LogP contribution < -0.4 is 20.7 Å². The average Bonchev–Trinajstić information content (AvgIpc) is 3.98. The van der Waals surface area contributed by atoms with Gasteiger partial charge in [0.1, 0.15) is 11.3 Å². The quantitative estimate of drug-likeness (QED) is 0.172. The largest absolute Gasteiger partial charge is 0.262 e. The summed E-state index contributed by atoms with van der Waals surface area (Å²) < 4.78 is 4.15. The molecule has 0 atom stereocenters. The van der Waals surface area contributed by atoms with Crippen molar-refractivity contribution in [2.24, 2.45) is 0 Å². The topological polar surface area (TPSA) is 74.3 Å². The van der Waals surface area contributed by atoms with Gasteiger partial charge in [-0.05, 0) is 79.4 Å². The van der Waals surface area contributed by atoms with Crippen LogP contribution in [0.25, 0.3) is 89.4 Å². The normalized spacial score (nSPS) is 13.4. The second-order valence-electron chi connectivity index (χ2n) is 14.9. The lowest BCUT2D eigenvalue weighted by Crippen LogP contribution is -2.70. The molecule has 8 heteroatoms. The van der Waals surface area contributed by atoms with Gasteiger partial charge in [-0.15, -0.1) is 0 Å². The first-order valence-electron chi connectivity index (χ1n) is 19.2. The second-order valence-corrected chi connectivity index (χ2v) is 18.5. The minimum atomic E-state index is -2.70. The van der Waals surface area contributed by atoms with Crippen LogP contribution in [0, 0.1) is 0 Å². The highest BCUT2D eigenvalue weighted by Crippen LogP contribution is 2.38.